The highest BCUT2D eigenvalue weighted by Crippen LogP contribution is 2.34. The molecular weight excluding hydrogens is 350 g/mol. The summed E-state index contributed by atoms with van der Waals surface area (Å²) < 4.78 is 16.6. The van der Waals surface area contributed by atoms with Crippen LogP contribution in [-0.2, 0) is 0 Å². The molecule has 1 heterocycles. The largest absolute Gasteiger partial charge is 0.493 e. The molecule has 6 heteroatoms. The number of carbonyl (C=O) groups excluding carboxylic acids is 1. The number of amides is 1. The lowest BCUT2D eigenvalue weighted by molar-refractivity contribution is 0.102. The Morgan fingerprint density at radius 3 is 2.18 bits per heavy atom. The number of ether oxygens (including phenoxy) is 2. The number of halogens is 1. The third-order valence-corrected chi connectivity index (χ3v) is 4.35. The molecule has 0 aliphatic rings. The van der Waals surface area contributed by atoms with Crippen LogP contribution in [0.2, 0.25) is 0 Å². The average molecular weight is 368 g/mol. The Morgan fingerprint density at radius 1 is 1.09 bits per heavy atom. The summed E-state index contributed by atoms with van der Waals surface area (Å²) in [6.07, 6.45) is 0. The first kappa shape index (κ1) is 16.4. The van der Waals surface area contributed by atoms with Crippen LogP contribution in [0.1, 0.15) is 27.4 Å². The van der Waals surface area contributed by atoms with Gasteiger partial charge >= 0.3 is 0 Å². The van der Waals surface area contributed by atoms with Crippen LogP contribution in [0.5, 0.6) is 11.5 Å². The molecule has 5 nitrogen and oxygen atoms in total. The van der Waals surface area contributed by atoms with Crippen molar-refractivity contribution < 1.29 is 18.7 Å². The summed E-state index contributed by atoms with van der Waals surface area (Å²) in [4.78, 5) is 12.5. The Labute approximate surface area is 137 Å². The van der Waals surface area contributed by atoms with Crippen molar-refractivity contribution in [3.05, 3.63) is 39.3 Å². The molecule has 1 aromatic carbocycles. The predicted molar refractivity (Wildman–Crippen MR) is 88.1 cm³/mol. The third-order valence-electron chi connectivity index (χ3n) is 3.39. The highest BCUT2D eigenvalue weighted by atomic mass is 79.9. The van der Waals surface area contributed by atoms with Crippen molar-refractivity contribution in [2.45, 2.75) is 20.8 Å². The van der Waals surface area contributed by atoms with Gasteiger partial charge in [0.1, 0.15) is 11.5 Å². The van der Waals surface area contributed by atoms with E-state index in [0.29, 0.717) is 38.7 Å². The number of benzene rings is 1. The normalized spacial score (nSPS) is 10.5. The van der Waals surface area contributed by atoms with Gasteiger partial charge in [0.2, 0.25) is 0 Å². The fourth-order valence-electron chi connectivity index (χ4n) is 2.22. The highest BCUT2D eigenvalue weighted by Gasteiger charge is 2.21. The molecule has 2 rings (SSSR count). The molecule has 0 saturated heterocycles. The molecule has 0 aliphatic carbocycles. The highest BCUT2D eigenvalue weighted by molar-refractivity contribution is 9.10. The molecule has 1 amide bonds. The number of anilines is 1. The van der Waals surface area contributed by atoms with E-state index in [2.05, 4.69) is 21.2 Å². The van der Waals surface area contributed by atoms with E-state index in [-0.39, 0.29) is 5.91 Å². The molecule has 0 fully saturated rings. The third kappa shape index (κ3) is 2.97. The van der Waals surface area contributed by atoms with Gasteiger partial charge in [-0.3, -0.25) is 4.79 Å². The number of hydrogen-bond acceptors (Lipinski definition) is 4. The molecule has 1 N–H and O–H groups in total. The Morgan fingerprint density at radius 2 is 1.68 bits per heavy atom. The van der Waals surface area contributed by atoms with Crippen LogP contribution in [0.15, 0.2) is 21.0 Å². The van der Waals surface area contributed by atoms with Gasteiger partial charge in [-0.1, -0.05) is 0 Å². The van der Waals surface area contributed by atoms with Crippen molar-refractivity contribution in [2.75, 3.05) is 19.5 Å². The number of methoxy groups -OCH3 is 2. The molecule has 0 unspecified atom stereocenters. The van der Waals surface area contributed by atoms with E-state index in [9.17, 15) is 4.79 Å². The van der Waals surface area contributed by atoms with Crippen LogP contribution in [0.3, 0.4) is 0 Å². The summed E-state index contributed by atoms with van der Waals surface area (Å²) in [5.41, 5.74) is 2.03. The first-order valence-corrected chi connectivity index (χ1v) is 7.47. The zero-order valence-corrected chi connectivity index (χ0v) is 14.8. The van der Waals surface area contributed by atoms with E-state index in [1.54, 1.807) is 34.1 Å². The van der Waals surface area contributed by atoms with Gasteiger partial charge in [0, 0.05) is 11.8 Å². The fraction of sp³-hybridized carbons (Fsp3) is 0.312. The fourth-order valence-corrected chi connectivity index (χ4v) is 2.76. The van der Waals surface area contributed by atoms with E-state index in [1.807, 2.05) is 13.0 Å². The molecule has 0 atom stereocenters. The van der Waals surface area contributed by atoms with Crippen molar-refractivity contribution in [1.82, 2.24) is 0 Å². The van der Waals surface area contributed by atoms with Gasteiger partial charge in [0.15, 0.2) is 11.5 Å². The van der Waals surface area contributed by atoms with Gasteiger partial charge in [0.25, 0.3) is 5.91 Å². The second kappa shape index (κ2) is 6.44. The summed E-state index contributed by atoms with van der Waals surface area (Å²) >= 11 is 3.39. The quantitative estimate of drug-likeness (QED) is 0.877. The second-order valence-electron chi connectivity index (χ2n) is 4.88. The Bertz CT molecular complexity index is 721. The van der Waals surface area contributed by atoms with Gasteiger partial charge in [-0.05, 0) is 48.3 Å². The number of nitrogens with one attached hydrogen (secondary N) is 1. The molecule has 2 aromatic rings. The average Bonchev–Trinajstić information content (AvgIpc) is 2.73. The second-order valence-corrected chi connectivity index (χ2v) is 5.67. The van der Waals surface area contributed by atoms with Crippen molar-refractivity contribution in [1.29, 1.82) is 0 Å². The van der Waals surface area contributed by atoms with E-state index in [1.165, 1.54) is 0 Å². The van der Waals surface area contributed by atoms with E-state index in [0.717, 1.165) is 5.56 Å². The summed E-state index contributed by atoms with van der Waals surface area (Å²) in [7, 11) is 3.13. The summed E-state index contributed by atoms with van der Waals surface area (Å²) in [5.74, 6) is 2.18. The number of carbonyl (C=O) groups is 1. The monoisotopic (exact) mass is 367 g/mol. The molecule has 0 aliphatic heterocycles. The summed E-state index contributed by atoms with van der Waals surface area (Å²) in [6.45, 7) is 5.45. The molecule has 22 heavy (non-hydrogen) atoms. The van der Waals surface area contributed by atoms with Crippen LogP contribution in [0, 0.1) is 20.8 Å². The number of furan rings is 1. The standard InChI is InChI=1S/C16H18BrNO4/c1-8-6-12(20-4)13(21-5)7-11(8)18-16(19)14-9(2)22-10(3)15(14)17/h6-7H,1-5H3,(H,18,19). The molecule has 0 bridgehead atoms. The minimum absolute atomic E-state index is 0.239. The lowest BCUT2D eigenvalue weighted by atomic mass is 10.1. The van der Waals surface area contributed by atoms with Crippen LogP contribution in [0.4, 0.5) is 5.69 Å². The molecule has 0 saturated carbocycles. The Kier molecular flexibility index (Phi) is 4.81. The number of aryl methyl sites for hydroxylation is 3. The van der Waals surface area contributed by atoms with Crippen LogP contribution in [-0.4, -0.2) is 20.1 Å². The van der Waals surface area contributed by atoms with Gasteiger partial charge in [-0.2, -0.15) is 0 Å². The molecular formula is C16H18BrNO4. The first-order valence-electron chi connectivity index (χ1n) is 6.68. The smallest absolute Gasteiger partial charge is 0.260 e. The number of rotatable bonds is 4. The lowest BCUT2D eigenvalue weighted by Crippen LogP contribution is -2.14. The van der Waals surface area contributed by atoms with Crippen LogP contribution < -0.4 is 14.8 Å². The zero-order valence-electron chi connectivity index (χ0n) is 13.2. The Balaban J connectivity index is 2.36. The van der Waals surface area contributed by atoms with E-state index >= 15 is 0 Å². The van der Waals surface area contributed by atoms with Crippen molar-refractivity contribution in [3.8, 4) is 11.5 Å². The topological polar surface area (TPSA) is 60.7 Å². The Hall–Kier alpha value is -1.95. The minimum Gasteiger partial charge on any atom is -0.493 e. The molecule has 118 valence electrons. The SMILES string of the molecule is COc1cc(C)c(NC(=O)c2c(C)oc(C)c2Br)cc1OC. The van der Waals surface area contributed by atoms with Crippen LogP contribution in [0.25, 0.3) is 0 Å². The van der Waals surface area contributed by atoms with Gasteiger partial charge in [0.05, 0.1) is 24.3 Å². The lowest BCUT2D eigenvalue weighted by Gasteiger charge is -2.13. The van der Waals surface area contributed by atoms with Crippen molar-refractivity contribution >= 4 is 27.5 Å². The zero-order chi connectivity index (χ0) is 16.4. The van der Waals surface area contributed by atoms with Gasteiger partial charge in [-0.25, -0.2) is 0 Å². The molecule has 0 spiro atoms. The summed E-state index contributed by atoms with van der Waals surface area (Å²) in [6, 6.07) is 3.55. The molecule has 1 aromatic heterocycles. The van der Waals surface area contributed by atoms with Gasteiger partial charge in [-0.15, -0.1) is 0 Å². The van der Waals surface area contributed by atoms with Crippen molar-refractivity contribution in [2.24, 2.45) is 0 Å². The molecule has 0 radical (unpaired) electrons. The maximum Gasteiger partial charge on any atom is 0.260 e. The maximum absolute atomic E-state index is 12.5. The van der Waals surface area contributed by atoms with E-state index < -0.39 is 0 Å². The minimum atomic E-state index is -0.239. The van der Waals surface area contributed by atoms with E-state index in [4.69, 9.17) is 13.9 Å². The predicted octanol–water partition coefficient (Wildman–Crippen LogP) is 4.24. The summed E-state index contributed by atoms with van der Waals surface area (Å²) in [5, 5.41) is 2.88. The van der Waals surface area contributed by atoms with Crippen LogP contribution >= 0.6 is 15.9 Å². The van der Waals surface area contributed by atoms with Crippen molar-refractivity contribution in [3.63, 3.8) is 0 Å². The van der Waals surface area contributed by atoms with Gasteiger partial charge < -0.3 is 19.2 Å². The first-order chi connectivity index (χ1) is 10.4. The number of hydrogen-bond donors (Lipinski definition) is 1. The maximum atomic E-state index is 12.5.